The molecule has 23 heavy (non-hydrogen) atoms. The van der Waals surface area contributed by atoms with Crippen molar-refractivity contribution in [2.24, 2.45) is 5.41 Å². The molecule has 0 aromatic carbocycles. The van der Waals surface area contributed by atoms with Crippen LogP contribution >= 0.6 is 0 Å². The van der Waals surface area contributed by atoms with E-state index in [1.807, 2.05) is 27.0 Å². The van der Waals surface area contributed by atoms with Crippen molar-refractivity contribution in [2.75, 3.05) is 18.0 Å². The predicted octanol–water partition coefficient (Wildman–Crippen LogP) is 3.01. The lowest BCUT2D eigenvalue weighted by molar-refractivity contribution is -0.129. The summed E-state index contributed by atoms with van der Waals surface area (Å²) in [6.07, 6.45) is 8.73. The molecular formula is C18H28N4O. The van der Waals surface area contributed by atoms with Gasteiger partial charge in [0.15, 0.2) is 0 Å². The molecule has 3 rings (SSSR count). The Morgan fingerprint density at radius 1 is 1.22 bits per heavy atom. The van der Waals surface area contributed by atoms with Gasteiger partial charge in [-0.25, -0.2) is 9.97 Å². The van der Waals surface area contributed by atoms with Gasteiger partial charge < -0.3 is 10.2 Å². The van der Waals surface area contributed by atoms with E-state index in [0.717, 1.165) is 49.6 Å². The topological polar surface area (TPSA) is 58.1 Å². The average molecular weight is 316 g/mol. The quantitative estimate of drug-likeness (QED) is 0.911. The van der Waals surface area contributed by atoms with Gasteiger partial charge in [-0.15, -0.1) is 0 Å². The number of aromatic nitrogens is 2. The number of rotatable bonds is 2. The van der Waals surface area contributed by atoms with Gasteiger partial charge in [-0.05, 0) is 38.5 Å². The number of hydrogen-bond acceptors (Lipinski definition) is 4. The molecule has 1 fully saturated rings. The fourth-order valence-corrected chi connectivity index (χ4v) is 3.31. The normalized spacial score (nSPS) is 21.7. The third-order valence-corrected chi connectivity index (χ3v) is 4.79. The second-order valence-corrected chi connectivity index (χ2v) is 7.79. The Morgan fingerprint density at radius 2 is 1.96 bits per heavy atom. The van der Waals surface area contributed by atoms with Crippen LogP contribution in [0.1, 0.15) is 70.2 Å². The highest BCUT2D eigenvalue weighted by Gasteiger charge is 2.29. The number of aryl methyl sites for hydroxylation is 1. The van der Waals surface area contributed by atoms with Crippen LogP contribution in [0.25, 0.3) is 0 Å². The van der Waals surface area contributed by atoms with Gasteiger partial charge in [-0.3, -0.25) is 4.79 Å². The molecule has 1 saturated heterocycles. The molecule has 5 nitrogen and oxygen atoms in total. The van der Waals surface area contributed by atoms with E-state index in [1.165, 1.54) is 19.3 Å². The van der Waals surface area contributed by atoms with Crippen molar-refractivity contribution < 1.29 is 4.79 Å². The lowest BCUT2D eigenvalue weighted by Gasteiger charge is -2.31. The van der Waals surface area contributed by atoms with Crippen LogP contribution in [0.4, 0.5) is 5.95 Å². The standard InChI is InChI=1S/C18H28N4O/c1-18(2,3)16(23)20-14-8-7-9-15-13(14)12-19-17(21-15)22-10-5-4-6-11-22/h12,14H,4-11H2,1-3H3,(H,20,23)/t14-/m1/s1. The van der Waals surface area contributed by atoms with E-state index in [0.29, 0.717) is 0 Å². The Hall–Kier alpha value is -1.65. The maximum absolute atomic E-state index is 12.3. The van der Waals surface area contributed by atoms with Crippen molar-refractivity contribution >= 4 is 11.9 Å². The number of carbonyl (C=O) groups excluding carboxylic acids is 1. The van der Waals surface area contributed by atoms with Crippen molar-refractivity contribution in [1.29, 1.82) is 0 Å². The Balaban J connectivity index is 1.78. The number of anilines is 1. The van der Waals surface area contributed by atoms with Crippen molar-refractivity contribution in [3.05, 3.63) is 17.5 Å². The van der Waals surface area contributed by atoms with Crippen LogP contribution in [-0.4, -0.2) is 29.0 Å². The van der Waals surface area contributed by atoms with E-state index in [1.54, 1.807) is 0 Å². The van der Waals surface area contributed by atoms with Crippen LogP contribution in [0.5, 0.6) is 0 Å². The molecule has 0 unspecified atom stereocenters. The molecule has 0 bridgehead atoms. The van der Waals surface area contributed by atoms with Crippen LogP contribution in [0.15, 0.2) is 6.20 Å². The summed E-state index contributed by atoms with van der Waals surface area (Å²) in [6, 6.07) is 0.0564. The zero-order chi connectivity index (χ0) is 16.4. The van der Waals surface area contributed by atoms with Crippen molar-refractivity contribution in [2.45, 2.75) is 65.3 Å². The highest BCUT2D eigenvalue weighted by Crippen LogP contribution is 2.30. The van der Waals surface area contributed by atoms with Gasteiger partial charge in [0.2, 0.25) is 11.9 Å². The molecule has 1 aliphatic heterocycles. The lowest BCUT2D eigenvalue weighted by atomic mass is 9.90. The number of piperidine rings is 1. The first-order valence-corrected chi connectivity index (χ1v) is 8.87. The largest absolute Gasteiger partial charge is 0.349 e. The average Bonchev–Trinajstić information content (AvgIpc) is 2.54. The number of fused-ring (bicyclic) bond motifs is 1. The maximum Gasteiger partial charge on any atom is 0.225 e. The number of nitrogens with one attached hydrogen (secondary N) is 1. The molecule has 0 saturated carbocycles. The first-order chi connectivity index (χ1) is 10.9. The van der Waals surface area contributed by atoms with Gasteiger partial charge in [0, 0.05) is 30.3 Å². The molecule has 1 aliphatic carbocycles. The van der Waals surface area contributed by atoms with E-state index in [9.17, 15) is 4.79 Å². The van der Waals surface area contributed by atoms with Crippen molar-refractivity contribution in [3.63, 3.8) is 0 Å². The van der Waals surface area contributed by atoms with E-state index in [4.69, 9.17) is 4.98 Å². The SMILES string of the molecule is CC(C)(C)C(=O)N[C@@H]1CCCc2nc(N3CCCCC3)ncc21. The molecular weight excluding hydrogens is 288 g/mol. The molecule has 1 aromatic heterocycles. The smallest absolute Gasteiger partial charge is 0.225 e. The van der Waals surface area contributed by atoms with Crippen molar-refractivity contribution in [1.82, 2.24) is 15.3 Å². The van der Waals surface area contributed by atoms with Crippen LogP contribution in [0.3, 0.4) is 0 Å². The van der Waals surface area contributed by atoms with E-state index < -0.39 is 0 Å². The molecule has 2 heterocycles. The van der Waals surface area contributed by atoms with Gasteiger partial charge >= 0.3 is 0 Å². The van der Waals surface area contributed by atoms with Crippen LogP contribution in [-0.2, 0) is 11.2 Å². The first kappa shape index (κ1) is 16.2. The predicted molar refractivity (Wildman–Crippen MR) is 91.4 cm³/mol. The molecule has 1 aromatic rings. The summed E-state index contributed by atoms with van der Waals surface area (Å²) in [6.45, 7) is 7.96. The Kier molecular flexibility index (Phi) is 4.55. The van der Waals surface area contributed by atoms with E-state index >= 15 is 0 Å². The fourth-order valence-electron chi connectivity index (χ4n) is 3.31. The lowest BCUT2D eigenvalue weighted by Crippen LogP contribution is -2.39. The summed E-state index contributed by atoms with van der Waals surface area (Å²) in [5.41, 5.74) is 1.85. The zero-order valence-electron chi connectivity index (χ0n) is 14.6. The third-order valence-electron chi connectivity index (χ3n) is 4.79. The van der Waals surface area contributed by atoms with Gasteiger partial charge in [-0.2, -0.15) is 0 Å². The van der Waals surface area contributed by atoms with Gasteiger partial charge in [0.05, 0.1) is 11.7 Å². The molecule has 0 spiro atoms. The summed E-state index contributed by atoms with van der Waals surface area (Å²) in [7, 11) is 0. The molecule has 1 N–H and O–H groups in total. The highest BCUT2D eigenvalue weighted by molar-refractivity contribution is 5.81. The maximum atomic E-state index is 12.3. The summed E-state index contributed by atoms with van der Waals surface area (Å²) < 4.78 is 0. The van der Waals surface area contributed by atoms with Crippen molar-refractivity contribution in [3.8, 4) is 0 Å². The minimum Gasteiger partial charge on any atom is -0.349 e. The minimum absolute atomic E-state index is 0.0564. The van der Waals surface area contributed by atoms with Gasteiger partial charge in [0.25, 0.3) is 0 Å². The summed E-state index contributed by atoms with van der Waals surface area (Å²) in [5, 5.41) is 3.18. The summed E-state index contributed by atoms with van der Waals surface area (Å²) in [4.78, 5) is 24.0. The van der Waals surface area contributed by atoms with Gasteiger partial charge in [-0.1, -0.05) is 20.8 Å². The second kappa shape index (κ2) is 6.46. The second-order valence-electron chi connectivity index (χ2n) is 7.79. The Labute approximate surface area is 138 Å². The molecule has 2 aliphatic rings. The number of carbonyl (C=O) groups is 1. The Bertz CT molecular complexity index is 573. The molecule has 1 amide bonds. The Morgan fingerprint density at radius 3 is 2.65 bits per heavy atom. The van der Waals surface area contributed by atoms with E-state index in [2.05, 4.69) is 15.2 Å². The molecule has 5 heteroatoms. The minimum atomic E-state index is -0.369. The third kappa shape index (κ3) is 3.65. The summed E-state index contributed by atoms with van der Waals surface area (Å²) >= 11 is 0. The van der Waals surface area contributed by atoms with E-state index in [-0.39, 0.29) is 17.4 Å². The van der Waals surface area contributed by atoms with Crippen LogP contribution in [0, 0.1) is 5.41 Å². The van der Waals surface area contributed by atoms with Crippen LogP contribution < -0.4 is 10.2 Å². The first-order valence-electron chi connectivity index (χ1n) is 8.87. The molecule has 126 valence electrons. The van der Waals surface area contributed by atoms with Crippen LogP contribution in [0.2, 0.25) is 0 Å². The fraction of sp³-hybridized carbons (Fsp3) is 0.722. The van der Waals surface area contributed by atoms with Gasteiger partial charge in [0.1, 0.15) is 0 Å². The number of amides is 1. The monoisotopic (exact) mass is 316 g/mol. The molecule has 1 atom stereocenters. The summed E-state index contributed by atoms with van der Waals surface area (Å²) in [5.74, 6) is 0.960. The highest BCUT2D eigenvalue weighted by atomic mass is 16.2. The molecule has 0 radical (unpaired) electrons. The number of nitrogens with zero attached hydrogens (tertiary/aromatic N) is 3. The number of hydrogen-bond donors (Lipinski definition) is 1. The zero-order valence-corrected chi connectivity index (χ0v) is 14.6.